The van der Waals surface area contributed by atoms with Gasteiger partial charge in [0.2, 0.25) is 10.0 Å². The van der Waals surface area contributed by atoms with E-state index in [0.717, 1.165) is 6.42 Å². The third-order valence-electron chi connectivity index (χ3n) is 4.10. The van der Waals surface area contributed by atoms with Crippen LogP contribution in [-0.4, -0.2) is 35.0 Å². The molecule has 0 unspecified atom stereocenters. The van der Waals surface area contributed by atoms with Crippen LogP contribution >= 0.6 is 11.6 Å². The average Bonchev–Trinajstić information content (AvgIpc) is 2.61. The highest BCUT2D eigenvalue weighted by atomic mass is 35.5. The molecule has 1 fully saturated rings. The fraction of sp³-hybridized carbons (Fsp3) is 0.235. The van der Waals surface area contributed by atoms with Crippen molar-refractivity contribution < 1.29 is 21.6 Å². The zero-order valence-corrected chi connectivity index (χ0v) is 16.5. The fourth-order valence-corrected chi connectivity index (χ4v) is 5.47. The second kappa shape index (κ2) is 7.49. The van der Waals surface area contributed by atoms with Gasteiger partial charge < -0.3 is 0 Å². The van der Waals surface area contributed by atoms with Gasteiger partial charge in [0.25, 0.3) is 15.9 Å². The Kier molecular flexibility index (Phi) is 5.45. The van der Waals surface area contributed by atoms with Gasteiger partial charge in [-0.2, -0.15) is 0 Å². The molecule has 27 heavy (non-hydrogen) atoms. The zero-order valence-electron chi connectivity index (χ0n) is 14.1. The molecule has 1 saturated heterocycles. The third kappa shape index (κ3) is 4.42. The molecule has 3 rings (SSSR count). The summed E-state index contributed by atoms with van der Waals surface area (Å²) in [4.78, 5) is 12.3. The van der Waals surface area contributed by atoms with E-state index in [1.54, 1.807) is 6.07 Å². The first-order chi connectivity index (χ1) is 12.7. The first-order valence-corrected chi connectivity index (χ1v) is 11.6. The van der Waals surface area contributed by atoms with E-state index in [1.165, 1.54) is 46.8 Å². The van der Waals surface area contributed by atoms with Crippen molar-refractivity contribution in [3.63, 3.8) is 0 Å². The number of carbonyl (C=O) groups is 1. The van der Waals surface area contributed by atoms with E-state index in [0.29, 0.717) is 23.7 Å². The maximum Gasteiger partial charge on any atom is 0.265 e. The summed E-state index contributed by atoms with van der Waals surface area (Å²) in [6.45, 7) is 0.330. The lowest BCUT2D eigenvalue weighted by molar-refractivity contribution is 0.0981. The number of anilines is 1. The molecule has 1 amide bonds. The predicted molar refractivity (Wildman–Crippen MR) is 103 cm³/mol. The third-order valence-corrected chi connectivity index (χ3v) is 7.57. The zero-order chi connectivity index (χ0) is 19.7. The monoisotopic (exact) mass is 428 g/mol. The van der Waals surface area contributed by atoms with Crippen LogP contribution in [0.25, 0.3) is 0 Å². The van der Waals surface area contributed by atoms with Crippen molar-refractivity contribution in [3.05, 3.63) is 59.1 Å². The van der Waals surface area contributed by atoms with Gasteiger partial charge in [-0.05, 0) is 55.3 Å². The molecule has 0 aliphatic carbocycles. The molecule has 0 spiro atoms. The van der Waals surface area contributed by atoms with Crippen molar-refractivity contribution in [2.24, 2.45) is 0 Å². The Morgan fingerprint density at radius 3 is 2.44 bits per heavy atom. The quantitative estimate of drug-likeness (QED) is 0.805. The van der Waals surface area contributed by atoms with Crippen molar-refractivity contribution in [3.8, 4) is 0 Å². The second-order valence-corrected chi connectivity index (χ2v) is 10.2. The van der Waals surface area contributed by atoms with E-state index in [4.69, 9.17) is 11.6 Å². The normalized spacial score (nSPS) is 16.7. The smallest absolute Gasteiger partial charge is 0.265 e. The number of benzene rings is 2. The van der Waals surface area contributed by atoms with E-state index in [2.05, 4.69) is 0 Å². The Morgan fingerprint density at radius 2 is 1.78 bits per heavy atom. The minimum atomic E-state index is -4.08. The van der Waals surface area contributed by atoms with Crippen molar-refractivity contribution in [1.82, 2.24) is 4.72 Å². The first-order valence-electron chi connectivity index (χ1n) is 8.12. The number of amides is 1. The van der Waals surface area contributed by atoms with E-state index in [9.17, 15) is 21.6 Å². The molecule has 1 aliphatic heterocycles. The standard InChI is InChI=1S/C17H17ClN2O5S2/c18-14-6-8-16(9-7-14)27(24,25)19-17(21)13-4-3-5-15(12-13)20-10-1-2-11-26(20,22)23/h3-9,12H,1-2,10-11H2,(H,19,21). The Balaban J connectivity index is 1.84. The van der Waals surface area contributed by atoms with E-state index < -0.39 is 26.0 Å². The molecule has 2 aromatic carbocycles. The van der Waals surface area contributed by atoms with Crippen LogP contribution in [0, 0.1) is 0 Å². The van der Waals surface area contributed by atoms with Crippen LogP contribution in [0.2, 0.25) is 5.02 Å². The minimum absolute atomic E-state index is 0.0470. The molecule has 0 saturated carbocycles. The number of sulfonamides is 2. The summed E-state index contributed by atoms with van der Waals surface area (Å²) in [7, 11) is -7.51. The maximum absolute atomic E-state index is 12.4. The predicted octanol–water partition coefficient (Wildman–Crippen LogP) is 2.39. The highest BCUT2D eigenvalue weighted by molar-refractivity contribution is 7.92. The van der Waals surface area contributed by atoms with Crippen LogP contribution in [0.1, 0.15) is 23.2 Å². The highest BCUT2D eigenvalue weighted by Crippen LogP contribution is 2.24. The lowest BCUT2D eigenvalue weighted by Gasteiger charge is -2.28. The van der Waals surface area contributed by atoms with Gasteiger partial charge in [0, 0.05) is 17.1 Å². The van der Waals surface area contributed by atoms with Crippen LogP contribution in [-0.2, 0) is 20.0 Å². The highest BCUT2D eigenvalue weighted by Gasteiger charge is 2.27. The first kappa shape index (κ1) is 19.7. The van der Waals surface area contributed by atoms with Gasteiger partial charge in [0.1, 0.15) is 0 Å². The molecule has 1 heterocycles. The summed E-state index contributed by atoms with van der Waals surface area (Å²) in [6, 6.07) is 11.3. The Hall–Kier alpha value is -2.10. The SMILES string of the molecule is O=C(NS(=O)(=O)c1ccc(Cl)cc1)c1cccc(N2CCCCS2(=O)=O)c1. The Bertz CT molecular complexity index is 1070. The largest absolute Gasteiger partial charge is 0.270 e. The molecule has 1 N–H and O–H groups in total. The molecule has 0 bridgehead atoms. The molecule has 1 aliphatic rings. The number of rotatable bonds is 4. The van der Waals surface area contributed by atoms with Gasteiger partial charge in [-0.15, -0.1) is 0 Å². The number of hydrogen-bond donors (Lipinski definition) is 1. The van der Waals surface area contributed by atoms with E-state index in [1.807, 2.05) is 4.72 Å². The van der Waals surface area contributed by atoms with Gasteiger partial charge >= 0.3 is 0 Å². The topological polar surface area (TPSA) is 101 Å². The summed E-state index contributed by atoms with van der Waals surface area (Å²) >= 11 is 5.74. The number of nitrogens with zero attached hydrogens (tertiary/aromatic N) is 1. The molecular formula is C17H17ClN2O5S2. The molecule has 0 aromatic heterocycles. The summed E-state index contributed by atoms with van der Waals surface area (Å²) in [6.07, 6.45) is 1.32. The lowest BCUT2D eigenvalue weighted by atomic mass is 10.2. The summed E-state index contributed by atoms with van der Waals surface area (Å²) < 4.78 is 52.4. The van der Waals surface area contributed by atoms with E-state index in [-0.39, 0.29) is 16.2 Å². The Morgan fingerprint density at radius 1 is 1.07 bits per heavy atom. The fourth-order valence-electron chi connectivity index (χ4n) is 2.73. The van der Waals surface area contributed by atoms with Gasteiger partial charge in [0.15, 0.2) is 0 Å². The van der Waals surface area contributed by atoms with Crippen LogP contribution < -0.4 is 9.03 Å². The molecule has 0 atom stereocenters. The van der Waals surface area contributed by atoms with E-state index >= 15 is 0 Å². The van der Waals surface area contributed by atoms with Crippen molar-refractivity contribution >= 4 is 43.2 Å². The van der Waals surface area contributed by atoms with Crippen LogP contribution in [0.5, 0.6) is 0 Å². The second-order valence-electron chi connectivity index (χ2n) is 6.03. The molecule has 10 heteroatoms. The van der Waals surface area contributed by atoms with Gasteiger partial charge in [-0.3, -0.25) is 9.10 Å². The average molecular weight is 429 g/mol. The molecule has 7 nitrogen and oxygen atoms in total. The van der Waals surface area contributed by atoms with Crippen LogP contribution in [0.4, 0.5) is 5.69 Å². The number of nitrogens with one attached hydrogen (secondary N) is 1. The van der Waals surface area contributed by atoms with Gasteiger partial charge in [0.05, 0.1) is 16.3 Å². The molecule has 0 radical (unpaired) electrons. The van der Waals surface area contributed by atoms with Gasteiger partial charge in [-0.25, -0.2) is 21.6 Å². The molecule has 144 valence electrons. The van der Waals surface area contributed by atoms with Crippen molar-refractivity contribution in [2.75, 3.05) is 16.6 Å². The van der Waals surface area contributed by atoms with Crippen LogP contribution in [0.15, 0.2) is 53.4 Å². The lowest BCUT2D eigenvalue weighted by Crippen LogP contribution is -2.38. The van der Waals surface area contributed by atoms with Crippen LogP contribution in [0.3, 0.4) is 0 Å². The molecular weight excluding hydrogens is 412 g/mol. The summed E-state index contributed by atoms with van der Waals surface area (Å²) in [5.41, 5.74) is 0.386. The summed E-state index contributed by atoms with van der Waals surface area (Å²) in [5, 5.41) is 0.371. The number of carbonyl (C=O) groups excluding carboxylic acids is 1. The molecule has 2 aromatic rings. The maximum atomic E-state index is 12.4. The summed E-state index contributed by atoms with van der Waals surface area (Å²) in [5.74, 6) is -0.796. The Labute approximate surface area is 163 Å². The number of hydrogen-bond acceptors (Lipinski definition) is 5. The van der Waals surface area contributed by atoms with Crippen molar-refractivity contribution in [1.29, 1.82) is 0 Å². The van der Waals surface area contributed by atoms with Crippen molar-refractivity contribution in [2.45, 2.75) is 17.7 Å². The number of halogens is 1. The van der Waals surface area contributed by atoms with Gasteiger partial charge in [-0.1, -0.05) is 17.7 Å². The minimum Gasteiger partial charge on any atom is -0.270 e.